The van der Waals surface area contributed by atoms with Crippen molar-refractivity contribution in [2.45, 2.75) is 6.92 Å². The van der Waals surface area contributed by atoms with Crippen molar-refractivity contribution in [2.24, 2.45) is 0 Å². The number of carbonyl (C=O) groups is 2. The second-order valence-electron chi connectivity index (χ2n) is 3.06. The Labute approximate surface area is 104 Å². The van der Waals surface area contributed by atoms with E-state index in [1.807, 2.05) is 6.07 Å². The van der Waals surface area contributed by atoms with Gasteiger partial charge in [0, 0.05) is 0 Å². The van der Waals surface area contributed by atoms with E-state index in [4.69, 9.17) is 4.74 Å². The molecule has 0 saturated carbocycles. The van der Waals surface area contributed by atoms with Gasteiger partial charge < -0.3 is 18.9 Å². The molecule has 0 fully saturated rings. The van der Waals surface area contributed by atoms with Gasteiger partial charge in [-0.15, -0.1) is 0 Å². The van der Waals surface area contributed by atoms with E-state index in [-0.39, 0.29) is 13.2 Å². The molecule has 0 N–H and O–H groups in total. The van der Waals surface area contributed by atoms with Crippen LogP contribution in [0, 0.1) is 0 Å². The van der Waals surface area contributed by atoms with E-state index in [9.17, 15) is 9.59 Å². The van der Waals surface area contributed by atoms with Crippen molar-refractivity contribution in [3.8, 4) is 5.75 Å². The highest BCUT2D eigenvalue weighted by Gasteiger charge is 2.07. The fourth-order valence-electron chi connectivity index (χ4n) is 1.00. The van der Waals surface area contributed by atoms with Crippen molar-refractivity contribution in [3.63, 3.8) is 0 Å². The lowest BCUT2D eigenvalue weighted by Gasteiger charge is -2.07. The molecule has 0 saturated heterocycles. The number of hydrogen-bond donors (Lipinski definition) is 0. The first-order chi connectivity index (χ1) is 8.72. The lowest BCUT2D eigenvalue weighted by Crippen LogP contribution is -2.18. The van der Waals surface area contributed by atoms with Crippen molar-refractivity contribution in [3.05, 3.63) is 30.3 Å². The van der Waals surface area contributed by atoms with Gasteiger partial charge in [0.25, 0.3) is 0 Å². The van der Waals surface area contributed by atoms with E-state index >= 15 is 0 Å². The fourth-order valence-corrected chi connectivity index (χ4v) is 1.00. The van der Waals surface area contributed by atoms with Gasteiger partial charge in [-0.25, -0.2) is 9.59 Å². The van der Waals surface area contributed by atoms with Crippen LogP contribution in [0.3, 0.4) is 0 Å². The first-order valence-electron chi connectivity index (χ1n) is 5.35. The van der Waals surface area contributed by atoms with Gasteiger partial charge in [0.05, 0.1) is 6.61 Å². The Hall–Kier alpha value is -2.24. The lowest BCUT2D eigenvalue weighted by atomic mass is 10.3. The molecule has 98 valence electrons. The number of para-hydroxylation sites is 1. The predicted molar refractivity (Wildman–Crippen MR) is 61.0 cm³/mol. The molecule has 0 aliphatic rings. The highest BCUT2D eigenvalue weighted by molar-refractivity contribution is 5.71. The van der Waals surface area contributed by atoms with E-state index in [2.05, 4.69) is 14.2 Å². The van der Waals surface area contributed by atoms with E-state index in [1.165, 1.54) is 0 Å². The fraction of sp³-hybridized carbons (Fsp3) is 0.333. The molecule has 0 bridgehead atoms. The molecular weight excluding hydrogens is 240 g/mol. The zero-order valence-electron chi connectivity index (χ0n) is 9.96. The maximum atomic E-state index is 11.2. The average Bonchev–Trinajstić information content (AvgIpc) is 2.38. The maximum Gasteiger partial charge on any atom is 0.511 e. The number of rotatable bonds is 6. The molecule has 18 heavy (non-hydrogen) atoms. The highest BCUT2D eigenvalue weighted by Crippen LogP contribution is 2.07. The molecule has 0 atom stereocenters. The van der Waals surface area contributed by atoms with Gasteiger partial charge in [-0.1, -0.05) is 18.2 Å². The summed E-state index contributed by atoms with van der Waals surface area (Å²) in [5.74, 6) is -0.0797. The molecule has 1 aromatic carbocycles. The maximum absolute atomic E-state index is 11.2. The van der Waals surface area contributed by atoms with Crippen LogP contribution in [-0.4, -0.2) is 32.1 Å². The molecule has 1 aromatic rings. The van der Waals surface area contributed by atoms with Crippen LogP contribution in [0.15, 0.2) is 30.3 Å². The van der Waals surface area contributed by atoms with Crippen molar-refractivity contribution in [1.82, 2.24) is 0 Å². The molecule has 0 heterocycles. The number of hydrogen-bond acceptors (Lipinski definition) is 6. The Morgan fingerprint density at radius 3 is 2.44 bits per heavy atom. The summed E-state index contributed by atoms with van der Waals surface area (Å²) in [4.78, 5) is 21.9. The van der Waals surface area contributed by atoms with Gasteiger partial charge in [0.1, 0.15) is 5.75 Å². The van der Waals surface area contributed by atoms with Gasteiger partial charge >= 0.3 is 12.1 Å². The topological polar surface area (TPSA) is 71.1 Å². The van der Waals surface area contributed by atoms with Crippen molar-refractivity contribution in [1.29, 1.82) is 0 Å². The molecular formula is C12H14O6. The molecule has 6 nitrogen and oxygen atoms in total. The zero-order chi connectivity index (χ0) is 13.2. The second-order valence-corrected chi connectivity index (χ2v) is 3.06. The van der Waals surface area contributed by atoms with E-state index in [0.717, 1.165) is 0 Å². The number of ether oxygens (including phenoxy) is 4. The summed E-state index contributed by atoms with van der Waals surface area (Å²) in [5.41, 5.74) is 0. The Bertz CT molecular complexity index is 375. The predicted octanol–water partition coefficient (Wildman–Crippen LogP) is 1.74. The Kier molecular flexibility index (Phi) is 6.10. The standard InChI is InChI=1S/C12H14O6/c1-2-15-12(14)18-9-17-11(13)8-16-10-6-4-3-5-7-10/h3-7H,2,8-9H2,1H3. The van der Waals surface area contributed by atoms with Crippen LogP contribution in [-0.2, 0) is 19.0 Å². The van der Waals surface area contributed by atoms with Crippen molar-refractivity contribution in [2.75, 3.05) is 20.0 Å². The van der Waals surface area contributed by atoms with Gasteiger partial charge in [0.15, 0.2) is 6.61 Å². The van der Waals surface area contributed by atoms with Crippen molar-refractivity contribution >= 4 is 12.1 Å². The molecule has 0 aliphatic heterocycles. The normalized spacial score (nSPS) is 9.39. The average molecular weight is 254 g/mol. The Morgan fingerprint density at radius 1 is 1.06 bits per heavy atom. The largest absolute Gasteiger partial charge is 0.511 e. The summed E-state index contributed by atoms with van der Waals surface area (Å²) >= 11 is 0. The highest BCUT2D eigenvalue weighted by atomic mass is 16.8. The van der Waals surface area contributed by atoms with Gasteiger partial charge in [0.2, 0.25) is 6.79 Å². The van der Waals surface area contributed by atoms with E-state index in [1.54, 1.807) is 31.2 Å². The van der Waals surface area contributed by atoms with Gasteiger partial charge in [-0.05, 0) is 19.1 Å². The number of benzene rings is 1. The molecule has 1 rings (SSSR count). The van der Waals surface area contributed by atoms with Crippen LogP contribution in [0.5, 0.6) is 5.75 Å². The molecule has 6 heteroatoms. The Morgan fingerprint density at radius 2 is 1.78 bits per heavy atom. The van der Waals surface area contributed by atoms with Crippen LogP contribution >= 0.6 is 0 Å². The first kappa shape index (κ1) is 13.8. The summed E-state index contributed by atoms with van der Waals surface area (Å²) in [5, 5.41) is 0. The summed E-state index contributed by atoms with van der Waals surface area (Å²) < 4.78 is 18.6. The summed E-state index contributed by atoms with van der Waals surface area (Å²) in [6, 6.07) is 8.82. The van der Waals surface area contributed by atoms with E-state index < -0.39 is 18.9 Å². The number of esters is 1. The molecule has 0 radical (unpaired) electrons. The summed E-state index contributed by atoms with van der Waals surface area (Å²) in [6.45, 7) is 1.09. The zero-order valence-corrected chi connectivity index (χ0v) is 9.96. The minimum Gasteiger partial charge on any atom is -0.482 e. The monoisotopic (exact) mass is 254 g/mol. The van der Waals surface area contributed by atoms with Crippen LogP contribution in [0.2, 0.25) is 0 Å². The van der Waals surface area contributed by atoms with Gasteiger partial charge in [-0.3, -0.25) is 0 Å². The molecule has 0 spiro atoms. The molecule has 0 amide bonds. The van der Waals surface area contributed by atoms with Gasteiger partial charge in [-0.2, -0.15) is 0 Å². The van der Waals surface area contributed by atoms with Crippen LogP contribution < -0.4 is 4.74 Å². The SMILES string of the molecule is CCOC(=O)OCOC(=O)COc1ccccc1. The Balaban J connectivity index is 2.13. The second kappa shape index (κ2) is 7.94. The van der Waals surface area contributed by atoms with Crippen LogP contribution in [0.25, 0.3) is 0 Å². The lowest BCUT2D eigenvalue weighted by molar-refractivity contribution is -0.155. The minimum atomic E-state index is -0.880. The van der Waals surface area contributed by atoms with Crippen LogP contribution in [0.4, 0.5) is 4.79 Å². The quantitative estimate of drug-likeness (QED) is 0.568. The smallest absolute Gasteiger partial charge is 0.482 e. The molecule has 0 aliphatic carbocycles. The number of carbonyl (C=O) groups excluding carboxylic acids is 2. The third kappa shape index (κ3) is 5.74. The van der Waals surface area contributed by atoms with Crippen molar-refractivity contribution < 1.29 is 28.5 Å². The first-order valence-corrected chi connectivity index (χ1v) is 5.35. The third-order valence-corrected chi connectivity index (χ3v) is 1.76. The summed E-state index contributed by atoms with van der Waals surface area (Å²) in [6.07, 6.45) is -0.880. The molecule has 0 aromatic heterocycles. The van der Waals surface area contributed by atoms with E-state index in [0.29, 0.717) is 5.75 Å². The minimum absolute atomic E-state index is 0.198. The van der Waals surface area contributed by atoms with Crippen LogP contribution in [0.1, 0.15) is 6.92 Å². The molecule has 0 unspecified atom stereocenters. The summed E-state index contributed by atoms with van der Waals surface area (Å²) in [7, 11) is 0. The third-order valence-electron chi connectivity index (χ3n) is 1.76.